The second-order valence-corrected chi connectivity index (χ2v) is 6.69. The van der Waals surface area contributed by atoms with Crippen LogP contribution in [0, 0.1) is 0 Å². The highest BCUT2D eigenvalue weighted by atomic mass is 35.7. The van der Waals surface area contributed by atoms with Gasteiger partial charge in [0.05, 0.1) is 26.1 Å². The molecular formula is C11H13ClO5S. The van der Waals surface area contributed by atoms with Gasteiger partial charge in [0.2, 0.25) is 9.05 Å². The Kier molecular flexibility index (Phi) is 3.99. The van der Waals surface area contributed by atoms with Crippen molar-refractivity contribution in [2.75, 3.05) is 20.3 Å². The van der Waals surface area contributed by atoms with Crippen LogP contribution in [0.4, 0.5) is 0 Å². The predicted molar refractivity (Wildman–Crippen MR) is 66.7 cm³/mol. The van der Waals surface area contributed by atoms with Gasteiger partial charge in [0.25, 0.3) is 0 Å². The van der Waals surface area contributed by atoms with Crippen LogP contribution in [0.5, 0.6) is 11.5 Å². The standard InChI is InChI=1S/C11H13ClO5S/c1-15-10-4-2-3-8(7-18(12,13)14)11(10)17-9-5-16-6-9/h2-4,9H,5-7H2,1H3. The number of benzene rings is 1. The van der Waals surface area contributed by atoms with E-state index in [-0.39, 0.29) is 11.9 Å². The van der Waals surface area contributed by atoms with Crippen molar-refractivity contribution in [1.82, 2.24) is 0 Å². The van der Waals surface area contributed by atoms with Crippen LogP contribution in [0.2, 0.25) is 0 Å². The van der Waals surface area contributed by atoms with Crippen LogP contribution in [0.3, 0.4) is 0 Å². The molecule has 7 heteroatoms. The lowest BCUT2D eigenvalue weighted by atomic mass is 10.2. The largest absolute Gasteiger partial charge is 0.493 e. The fraction of sp³-hybridized carbons (Fsp3) is 0.455. The van der Waals surface area contributed by atoms with Gasteiger partial charge >= 0.3 is 0 Å². The molecule has 1 fully saturated rings. The van der Waals surface area contributed by atoms with Gasteiger partial charge in [-0.25, -0.2) is 8.42 Å². The van der Waals surface area contributed by atoms with Crippen LogP contribution in [0.25, 0.3) is 0 Å². The van der Waals surface area contributed by atoms with Gasteiger partial charge in [-0.2, -0.15) is 0 Å². The van der Waals surface area contributed by atoms with E-state index in [0.717, 1.165) is 0 Å². The average Bonchev–Trinajstić information content (AvgIpc) is 2.22. The van der Waals surface area contributed by atoms with E-state index < -0.39 is 9.05 Å². The first-order valence-corrected chi connectivity index (χ1v) is 7.80. The molecule has 0 amide bonds. The Morgan fingerprint density at radius 2 is 2.17 bits per heavy atom. The van der Waals surface area contributed by atoms with E-state index in [9.17, 15) is 8.42 Å². The summed E-state index contributed by atoms with van der Waals surface area (Å²) in [5, 5.41) is 0. The number of halogens is 1. The Morgan fingerprint density at radius 1 is 1.44 bits per heavy atom. The molecule has 0 bridgehead atoms. The van der Waals surface area contributed by atoms with Crippen LogP contribution in [-0.4, -0.2) is 34.8 Å². The first-order chi connectivity index (χ1) is 8.49. The van der Waals surface area contributed by atoms with Crippen LogP contribution >= 0.6 is 10.7 Å². The summed E-state index contributed by atoms with van der Waals surface area (Å²) in [7, 11) is 3.13. The van der Waals surface area contributed by atoms with Crippen LogP contribution in [0.15, 0.2) is 18.2 Å². The van der Waals surface area contributed by atoms with Gasteiger partial charge in [0.15, 0.2) is 11.5 Å². The zero-order valence-corrected chi connectivity index (χ0v) is 11.3. The fourth-order valence-electron chi connectivity index (χ4n) is 1.60. The molecule has 18 heavy (non-hydrogen) atoms. The SMILES string of the molecule is COc1cccc(CS(=O)(=O)Cl)c1OC1COC1. The highest BCUT2D eigenvalue weighted by molar-refractivity contribution is 8.13. The minimum atomic E-state index is -3.64. The molecule has 1 saturated heterocycles. The van der Waals surface area contributed by atoms with E-state index in [2.05, 4.69) is 0 Å². The normalized spacial score (nSPS) is 16.1. The van der Waals surface area contributed by atoms with E-state index in [0.29, 0.717) is 30.3 Å². The van der Waals surface area contributed by atoms with Crippen molar-refractivity contribution < 1.29 is 22.6 Å². The number of methoxy groups -OCH3 is 1. The number of rotatable bonds is 5. The molecule has 0 atom stereocenters. The predicted octanol–water partition coefficient (Wildman–Crippen LogP) is 1.54. The van der Waals surface area contributed by atoms with Gasteiger partial charge in [-0.05, 0) is 6.07 Å². The van der Waals surface area contributed by atoms with Crippen molar-refractivity contribution in [1.29, 1.82) is 0 Å². The first-order valence-electron chi connectivity index (χ1n) is 5.32. The summed E-state index contributed by atoms with van der Waals surface area (Å²) in [5.41, 5.74) is 0.483. The van der Waals surface area contributed by atoms with Gasteiger partial charge < -0.3 is 14.2 Å². The van der Waals surface area contributed by atoms with Gasteiger partial charge in [0.1, 0.15) is 6.10 Å². The number of ether oxygens (including phenoxy) is 3. The second-order valence-electron chi connectivity index (χ2n) is 3.91. The lowest BCUT2D eigenvalue weighted by Gasteiger charge is -2.28. The van der Waals surface area contributed by atoms with Crippen molar-refractivity contribution in [2.24, 2.45) is 0 Å². The maximum atomic E-state index is 11.2. The molecule has 1 aromatic rings. The Bertz CT molecular complexity index is 524. The van der Waals surface area contributed by atoms with Crippen molar-refractivity contribution in [3.8, 4) is 11.5 Å². The van der Waals surface area contributed by atoms with Gasteiger partial charge in [-0.15, -0.1) is 0 Å². The van der Waals surface area contributed by atoms with Crippen molar-refractivity contribution in [2.45, 2.75) is 11.9 Å². The second kappa shape index (κ2) is 5.34. The first kappa shape index (κ1) is 13.5. The van der Waals surface area contributed by atoms with E-state index in [1.54, 1.807) is 18.2 Å². The van der Waals surface area contributed by atoms with Crippen molar-refractivity contribution >= 4 is 19.7 Å². The molecule has 0 unspecified atom stereocenters. The van der Waals surface area contributed by atoms with Gasteiger partial charge in [0, 0.05) is 16.2 Å². The summed E-state index contributed by atoms with van der Waals surface area (Å²) in [6, 6.07) is 5.05. The van der Waals surface area contributed by atoms with Gasteiger partial charge in [-0.1, -0.05) is 12.1 Å². The molecule has 0 N–H and O–H groups in total. The smallest absolute Gasteiger partial charge is 0.236 e. The van der Waals surface area contributed by atoms with Crippen molar-refractivity contribution in [3.63, 3.8) is 0 Å². The molecule has 0 aliphatic carbocycles. The summed E-state index contributed by atoms with van der Waals surface area (Å²) >= 11 is 0. The number of hydrogen-bond donors (Lipinski definition) is 0. The Hall–Kier alpha value is -0.980. The van der Waals surface area contributed by atoms with E-state index in [1.807, 2.05) is 0 Å². The molecule has 5 nitrogen and oxygen atoms in total. The molecule has 1 aromatic carbocycles. The van der Waals surface area contributed by atoms with Crippen LogP contribution in [-0.2, 0) is 19.5 Å². The zero-order valence-electron chi connectivity index (χ0n) is 9.76. The third-order valence-corrected chi connectivity index (χ3v) is 3.48. The highest BCUT2D eigenvalue weighted by Crippen LogP contribution is 2.34. The maximum Gasteiger partial charge on any atom is 0.236 e. The van der Waals surface area contributed by atoms with Crippen LogP contribution in [0.1, 0.15) is 5.56 Å². The number of hydrogen-bond acceptors (Lipinski definition) is 5. The van der Waals surface area contributed by atoms with E-state index >= 15 is 0 Å². The number of para-hydroxylation sites is 1. The molecule has 0 spiro atoms. The van der Waals surface area contributed by atoms with Crippen molar-refractivity contribution in [3.05, 3.63) is 23.8 Å². The Balaban J connectivity index is 2.31. The van der Waals surface area contributed by atoms with E-state index in [4.69, 9.17) is 24.9 Å². The average molecular weight is 293 g/mol. The summed E-state index contributed by atoms with van der Waals surface area (Å²) in [4.78, 5) is 0. The molecule has 100 valence electrons. The molecule has 1 heterocycles. The third kappa shape index (κ3) is 3.28. The minimum Gasteiger partial charge on any atom is -0.493 e. The quantitative estimate of drug-likeness (QED) is 0.771. The molecule has 0 aromatic heterocycles. The van der Waals surface area contributed by atoms with Crippen LogP contribution < -0.4 is 9.47 Å². The van der Waals surface area contributed by atoms with E-state index in [1.165, 1.54) is 7.11 Å². The lowest BCUT2D eigenvalue weighted by molar-refractivity contribution is -0.0806. The molecule has 1 aliphatic rings. The fourth-order valence-corrected chi connectivity index (χ4v) is 2.56. The summed E-state index contributed by atoms with van der Waals surface area (Å²) < 4.78 is 38.2. The molecule has 0 radical (unpaired) electrons. The summed E-state index contributed by atoms with van der Waals surface area (Å²) in [6.45, 7) is 0.982. The Morgan fingerprint density at radius 3 is 2.67 bits per heavy atom. The third-order valence-electron chi connectivity index (χ3n) is 2.50. The zero-order chi connectivity index (χ0) is 13.2. The summed E-state index contributed by atoms with van der Waals surface area (Å²) in [6.07, 6.45) is -0.0712. The molecular weight excluding hydrogens is 280 g/mol. The molecule has 2 rings (SSSR count). The minimum absolute atomic E-state index is 0.0712. The molecule has 0 saturated carbocycles. The highest BCUT2D eigenvalue weighted by Gasteiger charge is 2.24. The summed E-state index contributed by atoms with van der Waals surface area (Å²) in [5.74, 6) is 0.603. The molecule has 1 aliphatic heterocycles. The lowest BCUT2D eigenvalue weighted by Crippen LogP contribution is -2.38. The Labute approximate surface area is 110 Å². The van der Waals surface area contributed by atoms with Gasteiger partial charge in [-0.3, -0.25) is 0 Å². The maximum absolute atomic E-state index is 11.2. The monoisotopic (exact) mass is 292 g/mol. The topological polar surface area (TPSA) is 61.8 Å².